The summed E-state index contributed by atoms with van der Waals surface area (Å²) in [5.74, 6) is -1.43. The quantitative estimate of drug-likeness (QED) is 0.774. The van der Waals surface area contributed by atoms with E-state index in [0.29, 0.717) is 12.8 Å². The summed E-state index contributed by atoms with van der Waals surface area (Å²) in [4.78, 5) is 10.8. The van der Waals surface area contributed by atoms with Gasteiger partial charge in [-0.25, -0.2) is 8.42 Å². The van der Waals surface area contributed by atoms with Gasteiger partial charge in [0.25, 0.3) is 0 Å². The number of carboxylic acids is 1. The molecule has 0 aromatic carbocycles. The highest BCUT2D eigenvalue weighted by molar-refractivity contribution is 7.89. The van der Waals surface area contributed by atoms with Crippen molar-refractivity contribution in [1.29, 1.82) is 0 Å². The lowest BCUT2D eigenvalue weighted by Crippen LogP contribution is -2.47. The van der Waals surface area contributed by atoms with Crippen LogP contribution in [0.4, 0.5) is 0 Å². The first-order chi connectivity index (χ1) is 6.88. The molecule has 1 N–H and O–H groups in total. The predicted octanol–water partition coefficient (Wildman–Crippen LogP) is 0.521. The summed E-state index contributed by atoms with van der Waals surface area (Å²) in [7, 11) is -3.27. The summed E-state index contributed by atoms with van der Waals surface area (Å²) in [6, 6.07) is -0.0782. The summed E-state index contributed by atoms with van der Waals surface area (Å²) in [6.45, 7) is 3.52. The van der Waals surface area contributed by atoms with Crippen LogP contribution >= 0.6 is 0 Å². The molecule has 2 atom stereocenters. The van der Waals surface area contributed by atoms with Gasteiger partial charge < -0.3 is 5.11 Å². The van der Waals surface area contributed by atoms with E-state index in [1.165, 1.54) is 4.31 Å². The Kier molecular flexibility index (Phi) is 3.72. The van der Waals surface area contributed by atoms with Crippen LogP contribution in [0.25, 0.3) is 0 Å². The van der Waals surface area contributed by atoms with Crippen LogP contribution in [0.3, 0.4) is 0 Å². The zero-order chi connectivity index (χ0) is 11.6. The monoisotopic (exact) mass is 235 g/mol. The summed E-state index contributed by atoms with van der Waals surface area (Å²) in [5, 5.41) is 8.86. The molecule has 0 saturated carbocycles. The molecule has 0 radical (unpaired) electrons. The SMILES string of the molecule is CCS(=O)(=O)N1CC(C(=O)O)CCC1C. The Hall–Kier alpha value is -0.620. The van der Waals surface area contributed by atoms with Gasteiger partial charge in [0.05, 0.1) is 11.7 Å². The van der Waals surface area contributed by atoms with Crippen molar-refractivity contribution in [3.8, 4) is 0 Å². The van der Waals surface area contributed by atoms with Crippen molar-refractivity contribution in [2.24, 2.45) is 5.92 Å². The Morgan fingerprint density at radius 1 is 1.47 bits per heavy atom. The van der Waals surface area contributed by atoms with Crippen molar-refractivity contribution in [3.63, 3.8) is 0 Å². The van der Waals surface area contributed by atoms with E-state index >= 15 is 0 Å². The lowest BCUT2D eigenvalue weighted by Gasteiger charge is -2.35. The molecule has 6 heteroatoms. The number of carbonyl (C=O) groups is 1. The minimum absolute atomic E-state index is 0.0314. The van der Waals surface area contributed by atoms with E-state index in [-0.39, 0.29) is 18.3 Å². The minimum atomic E-state index is -3.27. The molecule has 2 unspecified atom stereocenters. The van der Waals surface area contributed by atoms with Gasteiger partial charge in [-0.2, -0.15) is 4.31 Å². The van der Waals surface area contributed by atoms with Gasteiger partial charge in [0, 0.05) is 12.6 Å². The van der Waals surface area contributed by atoms with E-state index in [4.69, 9.17) is 5.11 Å². The van der Waals surface area contributed by atoms with Crippen LogP contribution in [0.2, 0.25) is 0 Å². The maximum Gasteiger partial charge on any atom is 0.307 e. The van der Waals surface area contributed by atoms with Crippen molar-refractivity contribution < 1.29 is 18.3 Å². The van der Waals surface area contributed by atoms with Gasteiger partial charge in [-0.1, -0.05) is 0 Å². The Morgan fingerprint density at radius 2 is 2.07 bits per heavy atom. The average molecular weight is 235 g/mol. The minimum Gasteiger partial charge on any atom is -0.481 e. The van der Waals surface area contributed by atoms with Crippen LogP contribution in [0.1, 0.15) is 26.7 Å². The van der Waals surface area contributed by atoms with Crippen molar-refractivity contribution in [3.05, 3.63) is 0 Å². The van der Waals surface area contributed by atoms with Crippen LogP contribution < -0.4 is 0 Å². The van der Waals surface area contributed by atoms with Crippen LogP contribution in [0.15, 0.2) is 0 Å². The zero-order valence-corrected chi connectivity index (χ0v) is 9.83. The molecule has 1 aliphatic rings. The van der Waals surface area contributed by atoms with Crippen molar-refractivity contribution in [1.82, 2.24) is 4.31 Å². The largest absolute Gasteiger partial charge is 0.481 e. The lowest BCUT2D eigenvalue weighted by atomic mass is 9.96. The lowest BCUT2D eigenvalue weighted by molar-refractivity contribution is -0.143. The molecule has 88 valence electrons. The van der Waals surface area contributed by atoms with Crippen molar-refractivity contribution in [2.45, 2.75) is 32.7 Å². The van der Waals surface area contributed by atoms with Crippen LogP contribution in [-0.2, 0) is 14.8 Å². The molecule has 1 saturated heterocycles. The molecule has 5 nitrogen and oxygen atoms in total. The van der Waals surface area contributed by atoms with Gasteiger partial charge >= 0.3 is 5.97 Å². The summed E-state index contributed by atoms with van der Waals surface area (Å²) >= 11 is 0. The highest BCUT2D eigenvalue weighted by Gasteiger charge is 2.35. The Morgan fingerprint density at radius 3 is 2.53 bits per heavy atom. The molecule has 0 aromatic heterocycles. The van der Waals surface area contributed by atoms with Crippen molar-refractivity contribution >= 4 is 16.0 Å². The van der Waals surface area contributed by atoms with E-state index in [0.717, 1.165) is 0 Å². The first kappa shape index (κ1) is 12.4. The number of aliphatic carboxylic acids is 1. The highest BCUT2D eigenvalue weighted by atomic mass is 32.2. The molecule has 0 bridgehead atoms. The number of nitrogens with zero attached hydrogens (tertiary/aromatic N) is 1. The molecule has 1 aliphatic heterocycles. The standard InChI is InChI=1S/C9H17NO4S/c1-3-15(13,14)10-6-8(9(11)12)5-4-7(10)2/h7-8H,3-6H2,1-2H3,(H,11,12). The van der Waals surface area contributed by atoms with Gasteiger partial charge in [0.15, 0.2) is 0 Å². The van der Waals surface area contributed by atoms with Gasteiger partial charge in [-0.3, -0.25) is 4.79 Å². The maximum absolute atomic E-state index is 11.7. The molecule has 0 spiro atoms. The third-order valence-electron chi connectivity index (χ3n) is 2.90. The number of sulfonamides is 1. The van der Waals surface area contributed by atoms with Crippen molar-refractivity contribution in [2.75, 3.05) is 12.3 Å². The first-order valence-corrected chi connectivity index (χ1v) is 6.71. The fourth-order valence-corrected chi connectivity index (χ4v) is 3.22. The third-order valence-corrected chi connectivity index (χ3v) is 4.85. The van der Waals surface area contributed by atoms with Gasteiger partial charge in [-0.05, 0) is 26.7 Å². The van der Waals surface area contributed by atoms with E-state index in [9.17, 15) is 13.2 Å². The van der Waals surface area contributed by atoms with Gasteiger partial charge in [0.1, 0.15) is 0 Å². The summed E-state index contributed by atoms with van der Waals surface area (Å²) < 4.78 is 24.7. The Balaban J connectivity index is 2.83. The molecule has 1 heterocycles. The second kappa shape index (κ2) is 4.49. The average Bonchev–Trinajstić information content (AvgIpc) is 2.17. The number of rotatable bonds is 3. The molecule has 0 aromatic rings. The zero-order valence-electron chi connectivity index (χ0n) is 9.01. The molecule has 1 rings (SSSR count). The number of hydrogen-bond acceptors (Lipinski definition) is 3. The van der Waals surface area contributed by atoms with E-state index in [1.807, 2.05) is 6.92 Å². The van der Waals surface area contributed by atoms with Crippen LogP contribution in [0, 0.1) is 5.92 Å². The van der Waals surface area contributed by atoms with E-state index in [2.05, 4.69) is 0 Å². The van der Waals surface area contributed by atoms with E-state index < -0.39 is 21.9 Å². The number of piperidine rings is 1. The molecular weight excluding hydrogens is 218 g/mol. The maximum atomic E-state index is 11.7. The molecule has 15 heavy (non-hydrogen) atoms. The predicted molar refractivity (Wildman–Crippen MR) is 56.0 cm³/mol. The second-order valence-electron chi connectivity index (χ2n) is 3.93. The molecular formula is C9H17NO4S. The van der Waals surface area contributed by atoms with Crippen LogP contribution in [0.5, 0.6) is 0 Å². The molecule has 0 amide bonds. The first-order valence-electron chi connectivity index (χ1n) is 5.10. The second-order valence-corrected chi connectivity index (χ2v) is 6.14. The third kappa shape index (κ3) is 2.69. The number of hydrogen-bond donors (Lipinski definition) is 1. The highest BCUT2D eigenvalue weighted by Crippen LogP contribution is 2.24. The van der Waals surface area contributed by atoms with Crippen LogP contribution in [-0.4, -0.2) is 42.1 Å². The molecule has 1 fully saturated rings. The fraction of sp³-hybridized carbons (Fsp3) is 0.889. The van der Waals surface area contributed by atoms with Gasteiger partial charge in [0.2, 0.25) is 10.0 Å². The Labute approximate surface area is 90.1 Å². The normalized spacial score (nSPS) is 28.9. The summed E-state index contributed by atoms with van der Waals surface area (Å²) in [5.41, 5.74) is 0. The number of carboxylic acid groups (broad SMARTS) is 1. The topological polar surface area (TPSA) is 74.7 Å². The smallest absolute Gasteiger partial charge is 0.307 e. The van der Waals surface area contributed by atoms with E-state index in [1.54, 1.807) is 6.92 Å². The van der Waals surface area contributed by atoms with Gasteiger partial charge in [-0.15, -0.1) is 0 Å². The summed E-state index contributed by atoms with van der Waals surface area (Å²) in [6.07, 6.45) is 1.18. The molecule has 0 aliphatic carbocycles. The fourth-order valence-electron chi connectivity index (χ4n) is 1.83. The Bertz CT molecular complexity index is 338.